The molecular formula is C14H10BrF4N. The highest BCUT2D eigenvalue weighted by atomic mass is 79.9. The van der Waals surface area contributed by atoms with Crippen molar-refractivity contribution in [1.82, 2.24) is 0 Å². The van der Waals surface area contributed by atoms with Crippen LogP contribution >= 0.6 is 15.9 Å². The van der Waals surface area contributed by atoms with Gasteiger partial charge < -0.3 is 5.73 Å². The molecule has 1 unspecified atom stereocenters. The van der Waals surface area contributed by atoms with E-state index in [2.05, 4.69) is 15.9 Å². The van der Waals surface area contributed by atoms with Crippen molar-refractivity contribution in [1.29, 1.82) is 0 Å². The van der Waals surface area contributed by atoms with Gasteiger partial charge in [0.2, 0.25) is 0 Å². The van der Waals surface area contributed by atoms with Gasteiger partial charge in [0.15, 0.2) is 11.6 Å². The Bertz CT molecular complexity index is 625. The first-order valence-electron chi connectivity index (χ1n) is 5.72. The highest BCUT2D eigenvalue weighted by Crippen LogP contribution is 2.28. The number of nitrogens with two attached hydrogens (primary N) is 1. The molecule has 1 atom stereocenters. The predicted octanol–water partition coefficient (Wildman–Crippen LogP) is 4.25. The van der Waals surface area contributed by atoms with Crippen molar-refractivity contribution in [2.45, 2.75) is 12.5 Å². The van der Waals surface area contributed by atoms with Crippen LogP contribution in [0.2, 0.25) is 0 Å². The molecule has 2 rings (SSSR count). The second kappa shape index (κ2) is 5.93. The monoisotopic (exact) mass is 347 g/mol. The van der Waals surface area contributed by atoms with Crippen LogP contribution in [0, 0.1) is 23.3 Å². The van der Waals surface area contributed by atoms with Crippen LogP contribution in [0.25, 0.3) is 0 Å². The van der Waals surface area contributed by atoms with Gasteiger partial charge in [0.25, 0.3) is 0 Å². The van der Waals surface area contributed by atoms with Crippen LogP contribution in [0.1, 0.15) is 17.2 Å². The standard InChI is InChI=1S/C14H10BrF4N/c15-13-10(1-2-11(18)14(13)19)12(20)5-7-3-8(16)6-9(17)4-7/h1-4,6,12H,5,20H2. The molecule has 0 aliphatic rings. The number of halogens is 5. The van der Waals surface area contributed by atoms with E-state index in [1.54, 1.807) is 0 Å². The van der Waals surface area contributed by atoms with Crippen molar-refractivity contribution in [2.24, 2.45) is 5.73 Å². The summed E-state index contributed by atoms with van der Waals surface area (Å²) in [6, 6.07) is 4.63. The summed E-state index contributed by atoms with van der Waals surface area (Å²) < 4.78 is 52.5. The van der Waals surface area contributed by atoms with E-state index in [0.29, 0.717) is 11.1 Å². The molecule has 0 aromatic heterocycles. The van der Waals surface area contributed by atoms with Gasteiger partial charge in [-0.2, -0.15) is 0 Å². The van der Waals surface area contributed by atoms with Crippen LogP contribution in [0.3, 0.4) is 0 Å². The van der Waals surface area contributed by atoms with Crippen LogP contribution < -0.4 is 5.73 Å². The fraction of sp³-hybridized carbons (Fsp3) is 0.143. The van der Waals surface area contributed by atoms with E-state index in [1.165, 1.54) is 6.07 Å². The molecule has 0 aliphatic carbocycles. The maximum atomic E-state index is 13.4. The lowest BCUT2D eigenvalue weighted by Crippen LogP contribution is -2.15. The molecule has 1 nitrogen and oxygen atoms in total. The Balaban J connectivity index is 2.28. The predicted molar refractivity (Wildman–Crippen MR) is 71.0 cm³/mol. The summed E-state index contributed by atoms with van der Waals surface area (Å²) in [7, 11) is 0. The largest absolute Gasteiger partial charge is 0.324 e. The summed E-state index contributed by atoms with van der Waals surface area (Å²) in [5.41, 5.74) is 6.55. The third kappa shape index (κ3) is 3.19. The van der Waals surface area contributed by atoms with E-state index in [0.717, 1.165) is 24.3 Å². The van der Waals surface area contributed by atoms with E-state index in [1.807, 2.05) is 0 Å². The molecule has 2 aromatic rings. The summed E-state index contributed by atoms with van der Waals surface area (Å²) in [5.74, 6) is -3.46. The minimum absolute atomic E-state index is 0.0816. The van der Waals surface area contributed by atoms with E-state index in [-0.39, 0.29) is 10.9 Å². The molecule has 0 saturated carbocycles. The van der Waals surface area contributed by atoms with Crippen LogP contribution in [-0.2, 0) is 6.42 Å². The lowest BCUT2D eigenvalue weighted by molar-refractivity contribution is 0.499. The van der Waals surface area contributed by atoms with Gasteiger partial charge in [0.05, 0.1) is 4.47 Å². The van der Waals surface area contributed by atoms with Crippen LogP contribution in [0.4, 0.5) is 17.6 Å². The number of hydrogen-bond donors (Lipinski definition) is 1. The van der Waals surface area contributed by atoms with E-state index in [9.17, 15) is 17.6 Å². The third-order valence-corrected chi connectivity index (χ3v) is 3.65. The Morgan fingerprint density at radius 3 is 2.20 bits per heavy atom. The second-order valence-corrected chi connectivity index (χ2v) is 5.15. The summed E-state index contributed by atoms with van der Waals surface area (Å²) >= 11 is 2.93. The molecule has 106 valence electrons. The highest BCUT2D eigenvalue weighted by Gasteiger charge is 2.17. The third-order valence-electron chi connectivity index (χ3n) is 2.84. The topological polar surface area (TPSA) is 26.0 Å². The zero-order valence-corrected chi connectivity index (χ0v) is 11.7. The van der Waals surface area contributed by atoms with Gasteiger partial charge in [-0.05, 0) is 51.7 Å². The number of rotatable bonds is 3. The average molecular weight is 348 g/mol. The molecule has 0 heterocycles. The summed E-state index contributed by atoms with van der Waals surface area (Å²) in [4.78, 5) is 0. The van der Waals surface area contributed by atoms with Crippen LogP contribution in [0.5, 0.6) is 0 Å². The van der Waals surface area contributed by atoms with Crippen molar-refractivity contribution in [2.75, 3.05) is 0 Å². The molecule has 0 saturated heterocycles. The fourth-order valence-electron chi connectivity index (χ4n) is 1.92. The maximum Gasteiger partial charge on any atom is 0.173 e. The Morgan fingerprint density at radius 2 is 1.60 bits per heavy atom. The van der Waals surface area contributed by atoms with Gasteiger partial charge in [0.1, 0.15) is 11.6 Å². The summed E-state index contributed by atoms with van der Waals surface area (Å²) in [6.07, 6.45) is 0.0956. The van der Waals surface area contributed by atoms with E-state index < -0.39 is 29.3 Å². The van der Waals surface area contributed by atoms with Crippen molar-refractivity contribution in [3.63, 3.8) is 0 Å². The van der Waals surface area contributed by atoms with Gasteiger partial charge in [-0.15, -0.1) is 0 Å². The molecule has 0 spiro atoms. The Kier molecular flexibility index (Phi) is 4.45. The molecular weight excluding hydrogens is 338 g/mol. The van der Waals surface area contributed by atoms with E-state index >= 15 is 0 Å². The smallest absolute Gasteiger partial charge is 0.173 e. The zero-order valence-electron chi connectivity index (χ0n) is 10.1. The second-order valence-electron chi connectivity index (χ2n) is 4.35. The molecule has 0 bridgehead atoms. The molecule has 0 fully saturated rings. The maximum absolute atomic E-state index is 13.4. The molecule has 0 amide bonds. The lowest BCUT2D eigenvalue weighted by atomic mass is 9.99. The molecule has 20 heavy (non-hydrogen) atoms. The zero-order chi connectivity index (χ0) is 14.9. The van der Waals surface area contributed by atoms with Crippen molar-refractivity contribution >= 4 is 15.9 Å². The van der Waals surface area contributed by atoms with Gasteiger partial charge in [-0.1, -0.05) is 6.07 Å². The van der Waals surface area contributed by atoms with Gasteiger partial charge in [-0.25, -0.2) is 17.6 Å². The first-order chi connectivity index (χ1) is 9.38. The number of benzene rings is 2. The Morgan fingerprint density at radius 1 is 1.00 bits per heavy atom. The highest BCUT2D eigenvalue weighted by molar-refractivity contribution is 9.10. The molecule has 0 aliphatic heterocycles. The van der Waals surface area contributed by atoms with Crippen molar-refractivity contribution in [3.05, 3.63) is 69.2 Å². The summed E-state index contributed by atoms with van der Waals surface area (Å²) in [5, 5.41) is 0. The normalized spacial score (nSPS) is 12.5. The Hall–Kier alpha value is -1.40. The SMILES string of the molecule is NC(Cc1cc(F)cc(F)c1)c1ccc(F)c(F)c1Br. The first-order valence-corrected chi connectivity index (χ1v) is 6.51. The molecule has 6 heteroatoms. The minimum Gasteiger partial charge on any atom is -0.324 e. The van der Waals surface area contributed by atoms with Crippen molar-refractivity contribution < 1.29 is 17.6 Å². The van der Waals surface area contributed by atoms with Gasteiger partial charge in [0, 0.05) is 12.1 Å². The van der Waals surface area contributed by atoms with Gasteiger partial charge >= 0.3 is 0 Å². The minimum atomic E-state index is -1.04. The quantitative estimate of drug-likeness (QED) is 0.651. The molecule has 2 aromatic carbocycles. The number of hydrogen-bond acceptors (Lipinski definition) is 1. The molecule has 2 N–H and O–H groups in total. The van der Waals surface area contributed by atoms with Gasteiger partial charge in [-0.3, -0.25) is 0 Å². The van der Waals surface area contributed by atoms with Crippen molar-refractivity contribution in [3.8, 4) is 0 Å². The summed E-state index contributed by atoms with van der Waals surface area (Å²) in [6.45, 7) is 0. The average Bonchev–Trinajstić information content (AvgIpc) is 2.34. The van der Waals surface area contributed by atoms with Crippen LogP contribution in [0.15, 0.2) is 34.8 Å². The lowest BCUT2D eigenvalue weighted by Gasteiger charge is -2.15. The molecule has 0 radical (unpaired) electrons. The Labute approximate surface area is 121 Å². The first kappa shape index (κ1) is 15.0. The fourth-order valence-corrected chi connectivity index (χ4v) is 2.54. The van der Waals surface area contributed by atoms with E-state index in [4.69, 9.17) is 5.73 Å². The van der Waals surface area contributed by atoms with Crippen LogP contribution in [-0.4, -0.2) is 0 Å².